The van der Waals surface area contributed by atoms with Crippen molar-refractivity contribution in [3.63, 3.8) is 0 Å². The van der Waals surface area contributed by atoms with Crippen LogP contribution in [0.3, 0.4) is 0 Å². The largest absolute Gasteiger partial charge is 0.460 e. The number of esters is 1. The van der Waals surface area contributed by atoms with E-state index in [9.17, 15) is 4.79 Å². The molecule has 0 aromatic rings. The van der Waals surface area contributed by atoms with Crippen LogP contribution in [0.4, 0.5) is 0 Å². The van der Waals surface area contributed by atoms with Crippen molar-refractivity contribution in [2.24, 2.45) is 0 Å². The molecule has 1 aliphatic rings. The predicted molar refractivity (Wildman–Crippen MR) is 40.1 cm³/mol. The van der Waals surface area contributed by atoms with Gasteiger partial charge in [0.05, 0.1) is 6.10 Å². The maximum absolute atomic E-state index is 10.6. The van der Waals surface area contributed by atoms with Crippen molar-refractivity contribution in [3.05, 3.63) is 12.7 Å². The second-order valence-corrected chi connectivity index (χ2v) is 2.47. The molecule has 3 nitrogen and oxygen atoms in total. The van der Waals surface area contributed by atoms with Crippen molar-refractivity contribution in [1.82, 2.24) is 0 Å². The van der Waals surface area contributed by atoms with Gasteiger partial charge in [-0.3, -0.25) is 0 Å². The molecule has 0 radical (unpaired) electrons. The molecule has 1 heterocycles. The second-order valence-electron chi connectivity index (χ2n) is 2.47. The highest BCUT2D eigenvalue weighted by Crippen LogP contribution is 2.11. The van der Waals surface area contributed by atoms with E-state index in [4.69, 9.17) is 9.47 Å². The molecule has 1 rings (SSSR count). The molecule has 0 aromatic heterocycles. The molecule has 1 saturated heterocycles. The molecule has 0 amide bonds. The molecule has 0 saturated carbocycles. The van der Waals surface area contributed by atoms with Crippen LogP contribution in [0.2, 0.25) is 0 Å². The summed E-state index contributed by atoms with van der Waals surface area (Å²) in [5, 5.41) is 0. The van der Waals surface area contributed by atoms with Crippen molar-refractivity contribution in [2.45, 2.75) is 18.9 Å². The average molecular weight is 156 g/mol. The molecule has 0 aliphatic carbocycles. The molecule has 0 aromatic carbocycles. The summed E-state index contributed by atoms with van der Waals surface area (Å²) in [5.74, 6) is -0.375. The Bertz CT molecular complexity index is 147. The minimum Gasteiger partial charge on any atom is -0.460 e. The second kappa shape index (κ2) is 4.13. The van der Waals surface area contributed by atoms with Crippen molar-refractivity contribution in [3.8, 4) is 0 Å². The Balaban J connectivity index is 2.10. The van der Waals surface area contributed by atoms with Gasteiger partial charge in [-0.25, -0.2) is 4.79 Å². The fourth-order valence-electron chi connectivity index (χ4n) is 1.01. The summed E-state index contributed by atoms with van der Waals surface area (Å²) in [5.41, 5.74) is 0. The minimum absolute atomic E-state index is 0.110. The lowest BCUT2D eigenvalue weighted by Gasteiger charge is -2.07. The van der Waals surface area contributed by atoms with Gasteiger partial charge in [0.2, 0.25) is 0 Å². The molecule has 1 aliphatic heterocycles. The maximum atomic E-state index is 10.6. The molecular weight excluding hydrogens is 144 g/mol. The van der Waals surface area contributed by atoms with Crippen molar-refractivity contribution in [2.75, 3.05) is 13.2 Å². The normalized spacial score (nSPS) is 23.1. The zero-order chi connectivity index (χ0) is 8.10. The first-order valence-corrected chi connectivity index (χ1v) is 3.73. The van der Waals surface area contributed by atoms with Gasteiger partial charge in [-0.1, -0.05) is 6.58 Å². The van der Waals surface area contributed by atoms with Gasteiger partial charge in [0.15, 0.2) is 0 Å². The standard InChI is InChI=1S/C8H12O3/c1-2-8(9)11-6-7-4-3-5-10-7/h2,7H,1,3-6H2/t7-/m1/s1. The van der Waals surface area contributed by atoms with Gasteiger partial charge >= 0.3 is 5.97 Å². The smallest absolute Gasteiger partial charge is 0.330 e. The first kappa shape index (κ1) is 8.27. The van der Waals surface area contributed by atoms with Gasteiger partial charge in [-0.15, -0.1) is 0 Å². The van der Waals surface area contributed by atoms with E-state index in [-0.39, 0.29) is 12.1 Å². The van der Waals surface area contributed by atoms with Crippen LogP contribution in [0, 0.1) is 0 Å². The molecule has 0 unspecified atom stereocenters. The Hall–Kier alpha value is -0.830. The Morgan fingerprint density at radius 3 is 3.18 bits per heavy atom. The molecule has 11 heavy (non-hydrogen) atoms. The third-order valence-corrected chi connectivity index (χ3v) is 1.60. The molecule has 0 N–H and O–H groups in total. The van der Waals surface area contributed by atoms with Gasteiger partial charge in [-0.2, -0.15) is 0 Å². The highest BCUT2D eigenvalue weighted by molar-refractivity contribution is 5.81. The van der Waals surface area contributed by atoms with Crippen molar-refractivity contribution in [1.29, 1.82) is 0 Å². The van der Waals surface area contributed by atoms with Crippen LogP contribution < -0.4 is 0 Å². The summed E-state index contributed by atoms with van der Waals surface area (Å²) in [6.45, 7) is 4.44. The van der Waals surface area contributed by atoms with E-state index >= 15 is 0 Å². The molecule has 3 heteroatoms. The van der Waals surface area contributed by atoms with E-state index in [0.29, 0.717) is 6.61 Å². The maximum Gasteiger partial charge on any atom is 0.330 e. The van der Waals surface area contributed by atoms with Crippen LogP contribution >= 0.6 is 0 Å². The quantitative estimate of drug-likeness (QED) is 0.449. The van der Waals surface area contributed by atoms with Crippen LogP contribution in [-0.4, -0.2) is 25.3 Å². The molecule has 1 fully saturated rings. The number of carbonyl (C=O) groups excluding carboxylic acids is 1. The Morgan fingerprint density at radius 1 is 1.82 bits per heavy atom. The molecule has 62 valence electrons. The first-order valence-electron chi connectivity index (χ1n) is 3.73. The fourth-order valence-corrected chi connectivity index (χ4v) is 1.01. The third-order valence-electron chi connectivity index (χ3n) is 1.60. The summed E-state index contributed by atoms with van der Waals surface area (Å²) < 4.78 is 10.0. The SMILES string of the molecule is C=CC(=O)OC[C@H]1CCCO1. The Kier molecular flexibility index (Phi) is 3.11. The first-order chi connectivity index (χ1) is 5.33. The van der Waals surface area contributed by atoms with E-state index < -0.39 is 0 Å². The van der Waals surface area contributed by atoms with Crippen LogP contribution in [-0.2, 0) is 14.3 Å². The minimum atomic E-state index is -0.375. The van der Waals surface area contributed by atoms with E-state index in [1.807, 2.05) is 0 Å². The van der Waals surface area contributed by atoms with Crippen molar-refractivity contribution < 1.29 is 14.3 Å². The predicted octanol–water partition coefficient (Wildman–Crippen LogP) is 0.895. The number of hydrogen-bond donors (Lipinski definition) is 0. The zero-order valence-corrected chi connectivity index (χ0v) is 6.41. The molecule has 0 bridgehead atoms. The van der Waals surface area contributed by atoms with Crippen LogP contribution in [0.5, 0.6) is 0 Å². The molecule has 0 spiro atoms. The number of hydrogen-bond acceptors (Lipinski definition) is 3. The average Bonchev–Trinajstić information content (AvgIpc) is 2.52. The van der Waals surface area contributed by atoms with Gasteiger partial charge in [-0.05, 0) is 12.8 Å². The lowest BCUT2D eigenvalue weighted by atomic mass is 10.2. The summed E-state index contributed by atoms with van der Waals surface area (Å²) in [4.78, 5) is 10.6. The fraction of sp³-hybridized carbons (Fsp3) is 0.625. The molecular formula is C8H12O3. The Labute approximate surface area is 66.0 Å². The monoisotopic (exact) mass is 156 g/mol. The van der Waals surface area contributed by atoms with E-state index in [0.717, 1.165) is 25.5 Å². The lowest BCUT2D eigenvalue weighted by Crippen LogP contribution is -2.16. The summed E-state index contributed by atoms with van der Waals surface area (Å²) in [6, 6.07) is 0. The number of carbonyl (C=O) groups is 1. The van der Waals surface area contributed by atoms with E-state index in [1.165, 1.54) is 0 Å². The third kappa shape index (κ3) is 2.72. The molecule has 1 atom stereocenters. The number of rotatable bonds is 3. The van der Waals surface area contributed by atoms with Gasteiger partial charge in [0.25, 0.3) is 0 Å². The van der Waals surface area contributed by atoms with Crippen LogP contribution in [0.25, 0.3) is 0 Å². The highest BCUT2D eigenvalue weighted by atomic mass is 16.6. The zero-order valence-electron chi connectivity index (χ0n) is 6.41. The topological polar surface area (TPSA) is 35.5 Å². The van der Waals surface area contributed by atoms with Crippen molar-refractivity contribution >= 4 is 5.97 Å². The van der Waals surface area contributed by atoms with E-state index in [1.54, 1.807) is 0 Å². The number of ether oxygens (including phenoxy) is 2. The van der Waals surface area contributed by atoms with E-state index in [2.05, 4.69) is 6.58 Å². The lowest BCUT2D eigenvalue weighted by molar-refractivity contribution is -0.140. The summed E-state index contributed by atoms with van der Waals surface area (Å²) >= 11 is 0. The summed E-state index contributed by atoms with van der Waals surface area (Å²) in [6.07, 6.45) is 3.33. The van der Waals surface area contributed by atoms with Crippen LogP contribution in [0.15, 0.2) is 12.7 Å². The van der Waals surface area contributed by atoms with Crippen LogP contribution in [0.1, 0.15) is 12.8 Å². The van der Waals surface area contributed by atoms with Gasteiger partial charge in [0, 0.05) is 12.7 Å². The Morgan fingerprint density at radius 2 is 2.64 bits per heavy atom. The van der Waals surface area contributed by atoms with Gasteiger partial charge in [0.1, 0.15) is 6.61 Å². The van der Waals surface area contributed by atoms with Gasteiger partial charge < -0.3 is 9.47 Å². The summed E-state index contributed by atoms with van der Waals surface area (Å²) in [7, 11) is 0. The highest BCUT2D eigenvalue weighted by Gasteiger charge is 2.16.